The van der Waals surface area contributed by atoms with Crippen molar-refractivity contribution in [1.82, 2.24) is 4.98 Å². The van der Waals surface area contributed by atoms with Crippen LogP contribution in [0.3, 0.4) is 0 Å². The summed E-state index contributed by atoms with van der Waals surface area (Å²) in [5, 5.41) is 0. The van der Waals surface area contributed by atoms with Crippen molar-refractivity contribution < 1.29 is 4.79 Å². The molecule has 0 saturated heterocycles. The predicted octanol–water partition coefficient (Wildman–Crippen LogP) is 1.93. The predicted molar refractivity (Wildman–Crippen MR) is 74.0 cm³/mol. The number of rotatable bonds is 5. The minimum Gasteiger partial charge on any atom is -0.384 e. The molecule has 18 heavy (non-hydrogen) atoms. The smallest absolute Gasteiger partial charge is 0.138 e. The topological polar surface area (TPSA) is 82.0 Å². The number of carbonyl (C=O) groups excluding carboxylic acids is 1. The molecule has 1 aromatic rings. The lowest BCUT2D eigenvalue weighted by Crippen LogP contribution is -2.29. The van der Waals surface area contributed by atoms with E-state index in [2.05, 4.69) is 25.8 Å². The molecule has 1 unspecified atom stereocenters. The van der Waals surface area contributed by atoms with E-state index in [1.165, 1.54) is 0 Å². The fourth-order valence-electron chi connectivity index (χ4n) is 2.06. The summed E-state index contributed by atoms with van der Waals surface area (Å²) >= 11 is 0. The number of nitrogen functional groups attached to an aromatic ring is 1. The number of nitrogens with zero attached hydrogens (tertiary/aromatic N) is 1. The van der Waals surface area contributed by atoms with Gasteiger partial charge in [-0.05, 0) is 29.5 Å². The molecule has 4 N–H and O–H groups in total. The van der Waals surface area contributed by atoms with Crippen molar-refractivity contribution in [3.63, 3.8) is 0 Å². The molecule has 1 aromatic heterocycles. The molecule has 1 rings (SSSR count). The van der Waals surface area contributed by atoms with Crippen LogP contribution < -0.4 is 11.5 Å². The van der Waals surface area contributed by atoms with Crippen molar-refractivity contribution in [1.29, 1.82) is 0 Å². The summed E-state index contributed by atoms with van der Waals surface area (Å²) < 4.78 is 0. The highest BCUT2D eigenvalue weighted by Crippen LogP contribution is 2.21. The Hall–Kier alpha value is -1.42. The fourth-order valence-corrected chi connectivity index (χ4v) is 2.06. The van der Waals surface area contributed by atoms with Crippen LogP contribution in [0.4, 0.5) is 5.82 Å². The number of anilines is 1. The van der Waals surface area contributed by atoms with Gasteiger partial charge in [-0.25, -0.2) is 4.98 Å². The van der Waals surface area contributed by atoms with Crippen molar-refractivity contribution in [2.24, 2.45) is 11.1 Å². The maximum atomic E-state index is 11.9. The average molecular weight is 249 g/mol. The lowest BCUT2D eigenvalue weighted by atomic mass is 9.86. The molecule has 4 heteroatoms. The number of ketones is 1. The van der Waals surface area contributed by atoms with E-state index in [0.29, 0.717) is 18.7 Å². The van der Waals surface area contributed by atoms with Crippen LogP contribution >= 0.6 is 0 Å². The van der Waals surface area contributed by atoms with Crippen molar-refractivity contribution in [3.8, 4) is 0 Å². The zero-order valence-corrected chi connectivity index (χ0v) is 11.4. The number of nitrogens with two attached hydrogens (primary N) is 2. The van der Waals surface area contributed by atoms with Crippen LogP contribution in [0.1, 0.15) is 39.2 Å². The lowest BCUT2D eigenvalue weighted by molar-refractivity contribution is -0.118. The second kappa shape index (κ2) is 5.96. The number of hydrogen-bond acceptors (Lipinski definition) is 4. The average Bonchev–Trinajstić information content (AvgIpc) is 2.13. The molecule has 100 valence electrons. The van der Waals surface area contributed by atoms with Gasteiger partial charge in [0, 0.05) is 25.1 Å². The molecule has 1 atom stereocenters. The molecule has 0 amide bonds. The Morgan fingerprint density at radius 1 is 1.44 bits per heavy atom. The van der Waals surface area contributed by atoms with E-state index in [1.807, 2.05) is 6.07 Å². The first-order valence-corrected chi connectivity index (χ1v) is 6.24. The van der Waals surface area contributed by atoms with Crippen LogP contribution in [-0.4, -0.2) is 16.8 Å². The second-order valence-electron chi connectivity index (χ2n) is 6.03. The van der Waals surface area contributed by atoms with E-state index in [0.717, 1.165) is 12.0 Å². The van der Waals surface area contributed by atoms with Gasteiger partial charge in [0.25, 0.3) is 0 Å². The summed E-state index contributed by atoms with van der Waals surface area (Å²) in [6.07, 6.45) is 3.26. The molecule has 0 spiro atoms. The van der Waals surface area contributed by atoms with Gasteiger partial charge in [0.2, 0.25) is 0 Å². The molecule has 0 aliphatic carbocycles. The molecule has 4 nitrogen and oxygen atoms in total. The highest BCUT2D eigenvalue weighted by Gasteiger charge is 2.18. The second-order valence-corrected chi connectivity index (χ2v) is 6.03. The van der Waals surface area contributed by atoms with Gasteiger partial charge >= 0.3 is 0 Å². The Labute approximate surface area is 109 Å². The molecule has 0 aromatic carbocycles. The SMILES string of the molecule is CC(C)(C)CC(N)CC(=O)Cc1ccnc(N)c1. The van der Waals surface area contributed by atoms with Gasteiger partial charge in [0.1, 0.15) is 11.6 Å². The Morgan fingerprint density at radius 2 is 2.11 bits per heavy atom. The minimum atomic E-state index is -0.0725. The number of aromatic nitrogens is 1. The summed E-state index contributed by atoms with van der Waals surface area (Å²) in [6, 6.07) is 3.47. The summed E-state index contributed by atoms with van der Waals surface area (Å²) in [5.41, 5.74) is 12.6. The van der Waals surface area contributed by atoms with E-state index in [9.17, 15) is 4.79 Å². The van der Waals surface area contributed by atoms with E-state index in [4.69, 9.17) is 11.5 Å². The normalized spacial score (nSPS) is 13.3. The lowest BCUT2D eigenvalue weighted by Gasteiger charge is -2.22. The van der Waals surface area contributed by atoms with Crippen molar-refractivity contribution in [2.75, 3.05) is 5.73 Å². The standard InChI is InChI=1S/C14H23N3O/c1-14(2,3)9-11(15)8-12(18)6-10-4-5-17-13(16)7-10/h4-5,7,11H,6,8-9,15H2,1-3H3,(H2,16,17). The van der Waals surface area contributed by atoms with Gasteiger partial charge in [-0.3, -0.25) is 4.79 Å². The van der Waals surface area contributed by atoms with Crippen molar-refractivity contribution >= 4 is 11.6 Å². The highest BCUT2D eigenvalue weighted by molar-refractivity contribution is 5.81. The summed E-state index contributed by atoms with van der Waals surface area (Å²) in [4.78, 5) is 15.8. The van der Waals surface area contributed by atoms with Crippen LogP contribution in [0, 0.1) is 5.41 Å². The van der Waals surface area contributed by atoms with E-state index in [1.54, 1.807) is 12.3 Å². The first-order chi connectivity index (χ1) is 8.26. The fraction of sp³-hybridized carbons (Fsp3) is 0.571. The number of pyridine rings is 1. The Morgan fingerprint density at radius 3 is 2.67 bits per heavy atom. The van der Waals surface area contributed by atoms with Gasteiger partial charge < -0.3 is 11.5 Å². The molecule has 0 saturated carbocycles. The molecule has 0 aliphatic rings. The van der Waals surface area contributed by atoms with Crippen molar-refractivity contribution in [3.05, 3.63) is 23.9 Å². The molecular formula is C14H23N3O. The van der Waals surface area contributed by atoms with Crippen LogP contribution in [0.25, 0.3) is 0 Å². The van der Waals surface area contributed by atoms with Crippen LogP contribution in [0.2, 0.25) is 0 Å². The Bertz CT molecular complexity index is 410. The van der Waals surface area contributed by atoms with Gasteiger partial charge in [0.15, 0.2) is 0 Å². The summed E-state index contributed by atoms with van der Waals surface area (Å²) in [6.45, 7) is 6.38. The summed E-state index contributed by atoms with van der Waals surface area (Å²) in [7, 11) is 0. The summed E-state index contributed by atoms with van der Waals surface area (Å²) in [5.74, 6) is 0.594. The highest BCUT2D eigenvalue weighted by atomic mass is 16.1. The van der Waals surface area contributed by atoms with Gasteiger partial charge in [-0.1, -0.05) is 20.8 Å². The minimum absolute atomic E-state index is 0.0725. The Kier molecular flexibility index (Phi) is 4.84. The van der Waals surface area contributed by atoms with Gasteiger partial charge in [-0.2, -0.15) is 0 Å². The largest absolute Gasteiger partial charge is 0.384 e. The van der Waals surface area contributed by atoms with Gasteiger partial charge in [-0.15, -0.1) is 0 Å². The molecular weight excluding hydrogens is 226 g/mol. The van der Waals surface area contributed by atoms with Crippen LogP contribution in [0.5, 0.6) is 0 Å². The van der Waals surface area contributed by atoms with E-state index >= 15 is 0 Å². The maximum Gasteiger partial charge on any atom is 0.138 e. The number of carbonyl (C=O) groups is 1. The molecule has 1 heterocycles. The van der Waals surface area contributed by atoms with Crippen LogP contribution in [0.15, 0.2) is 18.3 Å². The number of Topliss-reactive ketones (excluding diaryl/α,β-unsaturated/α-hetero) is 1. The van der Waals surface area contributed by atoms with Crippen LogP contribution in [-0.2, 0) is 11.2 Å². The molecule has 0 bridgehead atoms. The molecule has 0 radical (unpaired) electrons. The molecule has 0 fully saturated rings. The molecule has 0 aliphatic heterocycles. The van der Waals surface area contributed by atoms with Gasteiger partial charge in [0.05, 0.1) is 0 Å². The van der Waals surface area contributed by atoms with E-state index in [-0.39, 0.29) is 17.2 Å². The third-order valence-electron chi connectivity index (χ3n) is 2.61. The Balaban J connectivity index is 2.47. The third-order valence-corrected chi connectivity index (χ3v) is 2.61. The quantitative estimate of drug-likeness (QED) is 0.835. The van der Waals surface area contributed by atoms with Crippen molar-refractivity contribution in [2.45, 2.75) is 46.1 Å². The van der Waals surface area contributed by atoms with E-state index < -0.39 is 0 Å². The first kappa shape index (κ1) is 14.6. The number of hydrogen-bond donors (Lipinski definition) is 2. The first-order valence-electron chi connectivity index (χ1n) is 6.24. The maximum absolute atomic E-state index is 11.9. The monoisotopic (exact) mass is 249 g/mol. The third kappa shape index (κ3) is 5.77. The zero-order chi connectivity index (χ0) is 13.8. The zero-order valence-electron chi connectivity index (χ0n) is 11.4.